The van der Waals surface area contributed by atoms with Crippen LogP contribution in [-0.4, -0.2) is 22.1 Å². The van der Waals surface area contributed by atoms with E-state index < -0.39 is 0 Å². The maximum absolute atomic E-state index is 12.3. The van der Waals surface area contributed by atoms with Crippen LogP contribution in [0.1, 0.15) is 45.4 Å². The summed E-state index contributed by atoms with van der Waals surface area (Å²) in [5.74, 6) is -0.147. The number of hydrogen-bond donors (Lipinski definition) is 1. The average Bonchev–Trinajstić information content (AvgIpc) is 2.56. The standard InChI is InChI=1S/C18H24N2O4/c1-2-24-16(21)12-6-4-3-5-9-13-20-17(22)14-10-7-8-11-15(14)19-18(20)23/h7-8,10-11H,2-6,9,12-13H2,1H3,(H,19,23). The number of fused-ring (bicyclic) bond motifs is 1. The Kier molecular flexibility index (Phi) is 6.78. The minimum atomic E-state index is -0.360. The van der Waals surface area contributed by atoms with Crippen LogP contribution in [0.4, 0.5) is 0 Å². The lowest BCUT2D eigenvalue weighted by atomic mass is 10.1. The second kappa shape index (κ2) is 9.05. The van der Waals surface area contributed by atoms with Gasteiger partial charge in [-0.2, -0.15) is 0 Å². The van der Waals surface area contributed by atoms with Crippen molar-refractivity contribution in [1.29, 1.82) is 0 Å². The van der Waals surface area contributed by atoms with Crippen molar-refractivity contribution in [2.75, 3.05) is 6.61 Å². The van der Waals surface area contributed by atoms with Gasteiger partial charge in [0.05, 0.1) is 17.5 Å². The van der Waals surface area contributed by atoms with Crippen molar-refractivity contribution in [2.24, 2.45) is 0 Å². The summed E-state index contributed by atoms with van der Waals surface area (Å²) in [5.41, 5.74) is -0.0274. The quantitative estimate of drug-likeness (QED) is 0.565. The maximum atomic E-state index is 12.3. The summed E-state index contributed by atoms with van der Waals surface area (Å²) in [6.45, 7) is 2.64. The molecule has 0 radical (unpaired) electrons. The third kappa shape index (κ3) is 4.81. The number of esters is 1. The Hall–Kier alpha value is -2.37. The minimum Gasteiger partial charge on any atom is -0.466 e. The Morgan fingerprint density at radius 2 is 1.79 bits per heavy atom. The number of carbonyl (C=O) groups is 1. The molecule has 0 spiro atoms. The predicted octanol–water partition coefficient (Wildman–Crippen LogP) is 2.59. The van der Waals surface area contributed by atoms with Crippen LogP contribution in [-0.2, 0) is 16.1 Å². The van der Waals surface area contributed by atoms with Crippen LogP contribution in [0.25, 0.3) is 10.9 Å². The Balaban J connectivity index is 1.79. The molecule has 0 bridgehead atoms. The number of unbranched alkanes of at least 4 members (excludes halogenated alkanes) is 4. The molecule has 1 heterocycles. The van der Waals surface area contributed by atoms with Crippen molar-refractivity contribution in [1.82, 2.24) is 9.55 Å². The maximum Gasteiger partial charge on any atom is 0.328 e. The Labute approximate surface area is 140 Å². The van der Waals surface area contributed by atoms with Crippen LogP contribution >= 0.6 is 0 Å². The molecule has 6 nitrogen and oxygen atoms in total. The van der Waals surface area contributed by atoms with E-state index >= 15 is 0 Å². The normalized spacial score (nSPS) is 10.9. The molecule has 24 heavy (non-hydrogen) atoms. The van der Waals surface area contributed by atoms with Gasteiger partial charge in [0.1, 0.15) is 0 Å². The molecular weight excluding hydrogens is 308 g/mol. The van der Waals surface area contributed by atoms with Crippen molar-refractivity contribution < 1.29 is 9.53 Å². The van der Waals surface area contributed by atoms with Gasteiger partial charge in [-0.1, -0.05) is 31.4 Å². The number of benzene rings is 1. The van der Waals surface area contributed by atoms with Crippen LogP contribution in [0.15, 0.2) is 33.9 Å². The first-order valence-electron chi connectivity index (χ1n) is 8.51. The van der Waals surface area contributed by atoms with Gasteiger partial charge in [0.2, 0.25) is 0 Å². The van der Waals surface area contributed by atoms with Crippen molar-refractivity contribution in [3.05, 3.63) is 45.1 Å². The zero-order valence-corrected chi connectivity index (χ0v) is 14.0. The number of H-pyrrole nitrogens is 1. The SMILES string of the molecule is CCOC(=O)CCCCCCCn1c(=O)[nH]c2ccccc2c1=O. The summed E-state index contributed by atoms with van der Waals surface area (Å²) < 4.78 is 6.14. The highest BCUT2D eigenvalue weighted by Gasteiger charge is 2.06. The molecule has 1 aromatic heterocycles. The van der Waals surface area contributed by atoms with Gasteiger partial charge in [-0.05, 0) is 31.9 Å². The Morgan fingerprint density at radius 1 is 1.08 bits per heavy atom. The fourth-order valence-electron chi connectivity index (χ4n) is 2.70. The molecule has 6 heteroatoms. The van der Waals surface area contributed by atoms with Gasteiger partial charge in [-0.25, -0.2) is 4.79 Å². The van der Waals surface area contributed by atoms with Crippen LogP contribution < -0.4 is 11.2 Å². The lowest BCUT2D eigenvalue weighted by molar-refractivity contribution is -0.143. The minimum absolute atomic E-state index is 0.147. The fourth-order valence-corrected chi connectivity index (χ4v) is 2.70. The van der Waals surface area contributed by atoms with Gasteiger partial charge < -0.3 is 9.72 Å². The highest BCUT2D eigenvalue weighted by molar-refractivity contribution is 5.76. The highest BCUT2D eigenvalue weighted by Crippen LogP contribution is 2.07. The molecule has 1 N–H and O–H groups in total. The van der Waals surface area contributed by atoms with Gasteiger partial charge in [-0.15, -0.1) is 0 Å². The van der Waals surface area contributed by atoms with E-state index in [9.17, 15) is 14.4 Å². The number of nitrogens with one attached hydrogen (secondary N) is 1. The van der Waals surface area contributed by atoms with Crippen LogP contribution in [0, 0.1) is 0 Å². The van der Waals surface area contributed by atoms with Crippen molar-refractivity contribution >= 4 is 16.9 Å². The molecule has 0 saturated carbocycles. The van der Waals surface area contributed by atoms with Crippen molar-refractivity contribution in [3.63, 3.8) is 0 Å². The van der Waals surface area contributed by atoms with E-state index in [-0.39, 0.29) is 17.2 Å². The summed E-state index contributed by atoms with van der Waals surface area (Å²) in [5, 5.41) is 0.534. The Bertz CT molecular complexity index is 791. The van der Waals surface area contributed by atoms with Gasteiger partial charge >= 0.3 is 11.7 Å². The van der Waals surface area contributed by atoms with E-state index in [2.05, 4.69) is 4.98 Å². The third-order valence-electron chi connectivity index (χ3n) is 3.96. The largest absolute Gasteiger partial charge is 0.466 e. The molecule has 130 valence electrons. The van der Waals surface area contributed by atoms with Gasteiger partial charge in [0.15, 0.2) is 0 Å². The van der Waals surface area contributed by atoms with Gasteiger partial charge in [0.25, 0.3) is 5.56 Å². The van der Waals surface area contributed by atoms with Gasteiger partial charge in [0, 0.05) is 13.0 Å². The van der Waals surface area contributed by atoms with E-state index in [4.69, 9.17) is 4.74 Å². The number of hydrogen-bond acceptors (Lipinski definition) is 4. The van der Waals surface area contributed by atoms with Crippen LogP contribution in [0.5, 0.6) is 0 Å². The number of carbonyl (C=O) groups excluding carboxylic acids is 1. The smallest absolute Gasteiger partial charge is 0.328 e. The molecule has 1 aromatic carbocycles. The van der Waals surface area contributed by atoms with E-state index in [1.54, 1.807) is 31.2 Å². The molecular formula is C18H24N2O4. The summed E-state index contributed by atoms with van der Waals surface area (Å²) in [6, 6.07) is 7.03. The number of aromatic amines is 1. The first-order valence-corrected chi connectivity index (χ1v) is 8.51. The lowest BCUT2D eigenvalue weighted by Crippen LogP contribution is -2.35. The molecule has 0 fully saturated rings. The van der Waals surface area contributed by atoms with Crippen LogP contribution in [0.2, 0.25) is 0 Å². The summed E-state index contributed by atoms with van der Waals surface area (Å²) >= 11 is 0. The molecule has 0 unspecified atom stereocenters. The van der Waals surface area contributed by atoms with Crippen LogP contribution in [0.3, 0.4) is 0 Å². The molecule has 0 aliphatic heterocycles. The monoisotopic (exact) mass is 332 g/mol. The van der Waals surface area contributed by atoms with Gasteiger partial charge in [-0.3, -0.25) is 14.2 Å². The first kappa shape index (κ1) is 18.0. The molecule has 2 aromatic rings. The molecule has 0 amide bonds. The van der Waals surface area contributed by atoms with E-state index in [0.29, 0.717) is 30.5 Å². The predicted molar refractivity (Wildman–Crippen MR) is 93.2 cm³/mol. The number of rotatable bonds is 9. The van der Waals surface area contributed by atoms with E-state index in [0.717, 1.165) is 32.1 Å². The molecule has 2 rings (SSSR count). The number of aromatic nitrogens is 2. The zero-order chi connectivity index (χ0) is 17.4. The van der Waals surface area contributed by atoms with Crippen molar-refractivity contribution in [3.8, 4) is 0 Å². The second-order valence-electron chi connectivity index (χ2n) is 5.76. The number of para-hydroxylation sites is 1. The topological polar surface area (TPSA) is 81.2 Å². The number of ether oxygens (including phenoxy) is 1. The Morgan fingerprint density at radius 3 is 2.58 bits per heavy atom. The summed E-state index contributed by atoms with van der Waals surface area (Å²) in [4.78, 5) is 38.3. The lowest BCUT2D eigenvalue weighted by Gasteiger charge is -2.06. The summed E-state index contributed by atoms with van der Waals surface area (Å²) in [6.07, 6.45) is 4.87. The number of nitrogens with zero attached hydrogens (tertiary/aromatic N) is 1. The highest BCUT2D eigenvalue weighted by atomic mass is 16.5. The second-order valence-corrected chi connectivity index (χ2v) is 5.76. The molecule has 0 atom stereocenters. The molecule has 0 aliphatic carbocycles. The van der Waals surface area contributed by atoms with E-state index in [1.165, 1.54) is 4.57 Å². The average molecular weight is 332 g/mol. The first-order chi connectivity index (χ1) is 11.6. The fraction of sp³-hybridized carbons (Fsp3) is 0.500. The van der Waals surface area contributed by atoms with E-state index in [1.807, 2.05) is 0 Å². The molecule has 0 aliphatic rings. The third-order valence-corrected chi connectivity index (χ3v) is 3.96. The van der Waals surface area contributed by atoms with Crippen molar-refractivity contribution in [2.45, 2.75) is 52.0 Å². The summed E-state index contributed by atoms with van der Waals surface area (Å²) in [7, 11) is 0. The molecule has 0 saturated heterocycles. The zero-order valence-electron chi connectivity index (χ0n) is 14.0.